The number of carbonyl (C=O) groups excluding carboxylic acids is 1. The average Bonchev–Trinajstić information content (AvgIpc) is 3.18. The van der Waals surface area contributed by atoms with Gasteiger partial charge in [0.05, 0.1) is 22.2 Å². The fourth-order valence-electron chi connectivity index (χ4n) is 3.25. The maximum atomic E-state index is 12.6. The van der Waals surface area contributed by atoms with E-state index in [1.807, 2.05) is 54.6 Å². The molecule has 0 saturated carbocycles. The molecular formula is C23H15ClN4O. The Bertz CT molecular complexity index is 1330. The molecule has 5 nitrogen and oxygen atoms in total. The minimum atomic E-state index is -0.217. The second-order valence-corrected chi connectivity index (χ2v) is 7.07. The quantitative estimate of drug-likeness (QED) is 0.410. The van der Waals surface area contributed by atoms with E-state index in [1.165, 1.54) is 0 Å². The molecule has 2 aromatic heterocycles. The summed E-state index contributed by atoms with van der Waals surface area (Å²) in [5, 5.41) is 4.47. The summed E-state index contributed by atoms with van der Waals surface area (Å²) >= 11 is 5.91. The number of fused-ring (bicyclic) bond motifs is 2. The first-order valence-electron chi connectivity index (χ1n) is 9.09. The van der Waals surface area contributed by atoms with Crippen LogP contribution in [-0.2, 0) is 0 Å². The molecule has 2 N–H and O–H groups in total. The number of amides is 1. The van der Waals surface area contributed by atoms with Gasteiger partial charge >= 0.3 is 0 Å². The van der Waals surface area contributed by atoms with Gasteiger partial charge in [0.1, 0.15) is 5.69 Å². The SMILES string of the molecule is O=C(Nc1cccc2ccc(-c3nc4ccccc4[nH]3)nc12)c1ccc(Cl)cc1. The largest absolute Gasteiger partial charge is 0.337 e. The summed E-state index contributed by atoms with van der Waals surface area (Å²) in [5.74, 6) is 0.469. The molecule has 5 aromatic rings. The zero-order valence-corrected chi connectivity index (χ0v) is 15.9. The minimum Gasteiger partial charge on any atom is -0.337 e. The number of aromatic amines is 1. The predicted molar refractivity (Wildman–Crippen MR) is 116 cm³/mol. The molecule has 0 atom stereocenters. The molecule has 0 aliphatic carbocycles. The van der Waals surface area contributed by atoms with Crippen LogP contribution in [0.4, 0.5) is 5.69 Å². The molecule has 140 valence electrons. The number of imidazole rings is 1. The van der Waals surface area contributed by atoms with E-state index < -0.39 is 0 Å². The van der Waals surface area contributed by atoms with E-state index in [0.717, 1.165) is 16.4 Å². The Hall–Kier alpha value is -3.70. The molecule has 0 saturated heterocycles. The lowest BCUT2D eigenvalue weighted by Gasteiger charge is -2.09. The average molecular weight is 399 g/mol. The molecule has 1 amide bonds. The number of nitrogens with zero attached hydrogens (tertiary/aromatic N) is 2. The lowest BCUT2D eigenvalue weighted by atomic mass is 10.1. The normalized spacial score (nSPS) is 11.1. The summed E-state index contributed by atoms with van der Waals surface area (Å²) in [7, 11) is 0. The van der Waals surface area contributed by atoms with Crippen molar-refractivity contribution in [1.29, 1.82) is 0 Å². The number of H-pyrrole nitrogens is 1. The highest BCUT2D eigenvalue weighted by atomic mass is 35.5. The third-order valence-electron chi connectivity index (χ3n) is 4.71. The molecular weight excluding hydrogens is 384 g/mol. The van der Waals surface area contributed by atoms with Crippen LogP contribution in [0.2, 0.25) is 5.02 Å². The molecule has 2 heterocycles. The van der Waals surface area contributed by atoms with E-state index in [1.54, 1.807) is 24.3 Å². The highest BCUT2D eigenvalue weighted by Crippen LogP contribution is 2.26. The Morgan fingerprint density at radius 2 is 1.69 bits per heavy atom. The molecule has 0 aliphatic heterocycles. The van der Waals surface area contributed by atoms with E-state index in [2.05, 4.69) is 15.3 Å². The number of para-hydroxylation sites is 3. The van der Waals surface area contributed by atoms with E-state index in [9.17, 15) is 4.79 Å². The highest BCUT2D eigenvalue weighted by molar-refractivity contribution is 6.30. The van der Waals surface area contributed by atoms with Crippen LogP contribution in [0.3, 0.4) is 0 Å². The molecule has 29 heavy (non-hydrogen) atoms. The van der Waals surface area contributed by atoms with Gasteiger partial charge in [0.15, 0.2) is 5.82 Å². The molecule has 5 rings (SSSR count). The predicted octanol–water partition coefficient (Wildman–Crippen LogP) is 5.68. The van der Waals surface area contributed by atoms with Crippen LogP contribution in [0, 0.1) is 0 Å². The topological polar surface area (TPSA) is 70.7 Å². The van der Waals surface area contributed by atoms with Crippen LogP contribution < -0.4 is 5.32 Å². The van der Waals surface area contributed by atoms with Crippen LogP contribution in [0.25, 0.3) is 33.5 Å². The van der Waals surface area contributed by atoms with Crippen molar-refractivity contribution >= 4 is 45.1 Å². The van der Waals surface area contributed by atoms with Gasteiger partial charge in [0.2, 0.25) is 0 Å². The molecule has 3 aromatic carbocycles. The third-order valence-corrected chi connectivity index (χ3v) is 4.96. The highest BCUT2D eigenvalue weighted by Gasteiger charge is 2.12. The van der Waals surface area contributed by atoms with Crippen molar-refractivity contribution in [1.82, 2.24) is 15.0 Å². The molecule has 0 radical (unpaired) electrons. The van der Waals surface area contributed by atoms with Crippen molar-refractivity contribution in [2.24, 2.45) is 0 Å². The number of benzene rings is 3. The Morgan fingerprint density at radius 1 is 0.862 bits per heavy atom. The Kier molecular flexibility index (Phi) is 4.22. The van der Waals surface area contributed by atoms with Crippen molar-refractivity contribution in [3.05, 3.63) is 89.4 Å². The van der Waals surface area contributed by atoms with Gasteiger partial charge in [-0.1, -0.05) is 41.9 Å². The fourth-order valence-corrected chi connectivity index (χ4v) is 3.38. The van der Waals surface area contributed by atoms with E-state index in [4.69, 9.17) is 16.6 Å². The Labute approximate surface area is 171 Å². The number of rotatable bonds is 3. The molecule has 6 heteroatoms. The minimum absolute atomic E-state index is 0.217. The number of anilines is 1. The van der Waals surface area contributed by atoms with Gasteiger partial charge in [-0.3, -0.25) is 4.79 Å². The first-order chi connectivity index (χ1) is 14.2. The van der Waals surface area contributed by atoms with Crippen LogP contribution >= 0.6 is 11.6 Å². The van der Waals surface area contributed by atoms with Gasteiger partial charge in [-0.15, -0.1) is 0 Å². The van der Waals surface area contributed by atoms with Crippen molar-refractivity contribution < 1.29 is 4.79 Å². The summed E-state index contributed by atoms with van der Waals surface area (Å²) in [6.45, 7) is 0. The lowest BCUT2D eigenvalue weighted by molar-refractivity contribution is 0.102. The van der Waals surface area contributed by atoms with Gasteiger partial charge < -0.3 is 10.3 Å². The maximum Gasteiger partial charge on any atom is 0.255 e. The number of carbonyl (C=O) groups is 1. The smallest absolute Gasteiger partial charge is 0.255 e. The summed E-state index contributed by atoms with van der Waals surface area (Å²) < 4.78 is 0. The molecule has 0 bridgehead atoms. The van der Waals surface area contributed by atoms with Gasteiger partial charge in [-0.2, -0.15) is 0 Å². The number of halogens is 1. The number of pyridine rings is 1. The van der Waals surface area contributed by atoms with Gasteiger partial charge in [0.25, 0.3) is 5.91 Å². The monoisotopic (exact) mass is 398 g/mol. The molecule has 0 unspecified atom stereocenters. The zero-order valence-electron chi connectivity index (χ0n) is 15.2. The van der Waals surface area contributed by atoms with Gasteiger partial charge in [0, 0.05) is 16.0 Å². The second-order valence-electron chi connectivity index (χ2n) is 6.64. The number of hydrogen-bond acceptors (Lipinski definition) is 3. The van der Waals surface area contributed by atoms with E-state index in [-0.39, 0.29) is 5.91 Å². The summed E-state index contributed by atoms with van der Waals surface area (Å²) in [6, 6.07) is 24.2. The number of aromatic nitrogens is 3. The molecule has 0 fully saturated rings. The van der Waals surface area contributed by atoms with Crippen LogP contribution in [-0.4, -0.2) is 20.9 Å². The van der Waals surface area contributed by atoms with Gasteiger partial charge in [-0.25, -0.2) is 9.97 Å². The van der Waals surface area contributed by atoms with Crippen LogP contribution in [0.1, 0.15) is 10.4 Å². The second kappa shape index (κ2) is 7.04. The summed E-state index contributed by atoms with van der Waals surface area (Å²) in [5.41, 5.74) is 4.41. The van der Waals surface area contributed by atoms with Crippen LogP contribution in [0.5, 0.6) is 0 Å². The van der Waals surface area contributed by atoms with E-state index in [0.29, 0.717) is 33.3 Å². The number of hydrogen-bond donors (Lipinski definition) is 2. The Morgan fingerprint density at radius 3 is 2.52 bits per heavy atom. The lowest BCUT2D eigenvalue weighted by Crippen LogP contribution is -2.12. The summed E-state index contributed by atoms with van der Waals surface area (Å²) in [4.78, 5) is 25.3. The van der Waals surface area contributed by atoms with Crippen molar-refractivity contribution in [2.75, 3.05) is 5.32 Å². The van der Waals surface area contributed by atoms with E-state index >= 15 is 0 Å². The molecule has 0 aliphatic rings. The van der Waals surface area contributed by atoms with Crippen molar-refractivity contribution in [3.63, 3.8) is 0 Å². The first kappa shape index (κ1) is 17.4. The van der Waals surface area contributed by atoms with Crippen molar-refractivity contribution in [3.8, 4) is 11.5 Å². The standard InChI is InChI=1S/C23H15ClN4O/c24-16-11-8-15(9-12-16)23(29)28-19-7-3-4-14-10-13-20(25-21(14)19)22-26-17-5-1-2-6-18(17)27-22/h1-13H,(H,26,27)(H,28,29). The fraction of sp³-hybridized carbons (Fsp3) is 0. The number of nitrogens with one attached hydrogen (secondary N) is 2. The summed E-state index contributed by atoms with van der Waals surface area (Å²) in [6.07, 6.45) is 0. The third kappa shape index (κ3) is 3.32. The Balaban J connectivity index is 1.54. The maximum absolute atomic E-state index is 12.6. The van der Waals surface area contributed by atoms with Gasteiger partial charge in [-0.05, 0) is 48.5 Å². The first-order valence-corrected chi connectivity index (χ1v) is 9.47. The zero-order chi connectivity index (χ0) is 19.8. The van der Waals surface area contributed by atoms with Crippen molar-refractivity contribution in [2.45, 2.75) is 0 Å². The van der Waals surface area contributed by atoms with Crippen LogP contribution in [0.15, 0.2) is 78.9 Å². The molecule has 0 spiro atoms.